The molecule has 5 saturated carbocycles. The third-order valence-corrected chi connectivity index (χ3v) is 14.5. The van der Waals surface area contributed by atoms with Gasteiger partial charge in [-0.3, -0.25) is 4.90 Å². The Labute approximate surface area is 247 Å². The minimum Gasteiger partial charge on any atom is -0.388 e. The number of nitrogens with zero attached hydrogens (tertiary/aromatic N) is 1. The summed E-state index contributed by atoms with van der Waals surface area (Å²) in [6.07, 6.45) is 11.2. The van der Waals surface area contributed by atoms with Crippen LogP contribution in [0.5, 0.6) is 0 Å². The van der Waals surface area contributed by atoms with Crippen LogP contribution in [-0.2, 0) is 14.2 Å². The van der Waals surface area contributed by atoms with Gasteiger partial charge in [-0.15, -0.1) is 0 Å². The molecule has 7 rings (SSSR count). The van der Waals surface area contributed by atoms with Crippen molar-refractivity contribution < 1.29 is 28.8 Å². The van der Waals surface area contributed by atoms with Crippen molar-refractivity contribution in [3.63, 3.8) is 0 Å². The summed E-state index contributed by atoms with van der Waals surface area (Å²) in [5, 5.41) is 21.3. The lowest BCUT2D eigenvalue weighted by molar-refractivity contribution is -0.245. The minimum absolute atomic E-state index is 0.104. The maximum atomic E-state index is 13.0. The zero-order valence-electron chi connectivity index (χ0n) is 26.2. The number of hydrogen-bond acceptors (Lipinski definition) is 6. The molecule has 0 aromatic rings. The molecule has 7 heteroatoms. The summed E-state index contributed by atoms with van der Waals surface area (Å²) in [7, 11) is 0. The quantitative estimate of drug-likeness (QED) is 0.444. The molecule has 0 radical (unpaired) electrons. The molecule has 2 saturated heterocycles. The van der Waals surface area contributed by atoms with E-state index < -0.39 is 11.7 Å². The van der Waals surface area contributed by atoms with Crippen molar-refractivity contribution in [3.8, 4) is 0 Å². The topological polar surface area (TPSA) is 71.4 Å². The molecule has 2 heterocycles. The van der Waals surface area contributed by atoms with Crippen LogP contribution in [0.2, 0.25) is 0 Å². The summed E-state index contributed by atoms with van der Waals surface area (Å²) < 4.78 is 32.4. The van der Waals surface area contributed by atoms with Gasteiger partial charge < -0.3 is 24.4 Å². The van der Waals surface area contributed by atoms with Gasteiger partial charge in [-0.1, -0.05) is 20.8 Å². The molecular weight excluding hydrogens is 521 g/mol. The van der Waals surface area contributed by atoms with Gasteiger partial charge in [0.15, 0.2) is 6.29 Å². The lowest BCUT2D eigenvalue weighted by Gasteiger charge is -2.60. The molecular formula is C34H56FNO5. The van der Waals surface area contributed by atoms with Crippen molar-refractivity contribution in [2.24, 2.45) is 45.3 Å². The molecule has 41 heavy (non-hydrogen) atoms. The van der Waals surface area contributed by atoms with E-state index in [9.17, 15) is 14.6 Å². The van der Waals surface area contributed by atoms with Crippen molar-refractivity contribution in [3.05, 3.63) is 0 Å². The molecule has 0 aromatic heterocycles. The van der Waals surface area contributed by atoms with E-state index in [1.165, 1.54) is 38.5 Å². The molecule has 2 N–H and O–H groups in total. The van der Waals surface area contributed by atoms with Crippen LogP contribution in [0.15, 0.2) is 0 Å². The molecule has 234 valence electrons. The van der Waals surface area contributed by atoms with E-state index in [0.29, 0.717) is 53.7 Å². The lowest BCUT2D eigenvalue weighted by atomic mass is 9.46. The molecule has 0 amide bonds. The van der Waals surface area contributed by atoms with Crippen LogP contribution < -0.4 is 0 Å². The average Bonchev–Trinajstić information content (AvgIpc) is 3.49. The van der Waals surface area contributed by atoms with Gasteiger partial charge in [0, 0.05) is 19.6 Å². The molecule has 8 unspecified atom stereocenters. The van der Waals surface area contributed by atoms with E-state index in [0.717, 1.165) is 38.1 Å². The fourth-order valence-corrected chi connectivity index (χ4v) is 12.4. The Balaban J connectivity index is 1.06. The normalized spacial score (nSPS) is 51.5. The molecule has 0 aromatic carbocycles. The minimum atomic E-state index is -1.14. The molecule has 12 atom stereocenters. The van der Waals surface area contributed by atoms with Gasteiger partial charge in [-0.05, 0) is 123 Å². The first-order valence-corrected chi connectivity index (χ1v) is 17.0. The zero-order valence-corrected chi connectivity index (χ0v) is 26.2. The number of rotatable bonds is 6. The first kappa shape index (κ1) is 29.4. The molecule has 0 bridgehead atoms. The zero-order chi connectivity index (χ0) is 29.0. The number of aliphatic hydroxyl groups excluding tert-OH is 1. The fraction of sp³-hybridized carbons (Fsp3) is 1.00. The van der Waals surface area contributed by atoms with Crippen molar-refractivity contribution in [1.29, 1.82) is 0 Å². The number of hydrogen-bond donors (Lipinski definition) is 2. The third-order valence-electron chi connectivity index (χ3n) is 14.5. The second kappa shape index (κ2) is 9.84. The van der Waals surface area contributed by atoms with Gasteiger partial charge in [0.2, 0.25) is 0 Å². The summed E-state index contributed by atoms with van der Waals surface area (Å²) in [5.74, 6) is 2.76. The van der Waals surface area contributed by atoms with E-state index in [1.807, 2.05) is 0 Å². The smallest absolute Gasteiger partial charge is 0.170 e. The Morgan fingerprint density at radius 2 is 1.78 bits per heavy atom. The Kier molecular flexibility index (Phi) is 7.06. The number of halogens is 1. The first-order valence-electron chi connectivity index (χ1n) is 17.0. The van der Waals surface area contributed by atoms with Crippen LogP contribution in [0.3, 0.4) is 0 Å². The summed E-state index contributed by atoms with van der Waals surface area (Å²) in [6.45, 7) is 13.2. The molecule has 7 fully saturated rings. The van der Waals surface area contributed by atoms with Gasteiger partial charge in [-0.25, -0.2) is 4.39 Å². The predicted molar refractivity (Wildman–Crippen MR) is 155 cm³/mol. The Morgan fingerprint density at radius 1 is 1.00 bits per heavy atom. The number of aliphatic hydroxyl groups is 2. The Hall–Kier alpha value is -0.310. The van der Waals surface area contributed by atoms with Crippen LogP contribution in [0.1, 0.15) is 98.8 Å². The third kappa shape index (κ3) is 4.29. The van der Waals surface area contributed by atoms with E-state index in [-0.39, 0.29) is 36.7 Å². The van der Waals surface area contributed by atoms with E-state index in [2.05, 4.69) is 25.7 Å². The second-order valence-electron chi connectivity index (χ2n) is 16.8. The van der Waals surface area contributed by atoms with Gasteiger partial charge in [0.25, 0.3) is 0 Å². The Bertz CT molecular complexity index is 1000. The summed E-state index contributed by atoms with van der Waals surface area (Å²) in [6, 6.07) is 0. The van der Waals surface area contributed by atoms with E-state index in [4.69, 9.17) is 14.2 Å². The van der Waals surface area contributed by atoms with Crippen LogP contribution in [-0.4, -0.2) is 84.3 Å². The highest BCUT2D eigenvalue weighted by Crippen LogP contribution is 2.87. The number of ether oxygens (including phenoxy) is 3. The molecule has 2 aliphatic heterocycles. The first-order chi connectivity index (χ1) is 19.4. The van der Waals surface area contributed by atoms with Crippen LogP contribution in [0.4, 0.5) is 4.39 Å². The van der Waals surface area contributed by atoms with Gasteiger partial charge >= 0.3 is 0 Å². The van der Waals surface area contributed by atoms with Crippen LogP contribution >= 0.6 is 0 Å². The standard InChI is InChI=1S/C34H56FNO5/c1-30(2)26-9-7-21-23-18-25-22(6-8-24(40-25)29(37)31(3,4)38)32(23,5)12-13-33(21)20-34(26,33)11-10-27(30)41-28-19-36(15-14-35)16-17-39-28/h21-29,37-38H,6-20H2,1-5H3/t21?,22?,23?,24?,25?,26?,27-,28?,29-,32?,33-,34+/m0/s1. The van der Waals surface area contributed by atoms with Gasteiger partial charge in [0.1, 0.15) is 12.8 Å². The number of morpholine rings is 1. The van der Waals surface area contributed by atoms with Crippen molar-refractivity contribution >= 4 is 0 Å². The van der Waals surface area contributed by atoms with Gasteiger partial charge in [0.05, 0.1) is 30.5 Å². The highest BCUT2D eigenvalue weighted by molar-refractivity contribution is 5.29. The van der Waals surface area contributed by atoms with E-state index >= 15 is 0 Å². The van der Waals surface area contributed by atoms with Crippen molar-refractivity contribution in [2.75, 3.05) is 32.9 Å². The van der Waals surface area contributed by atoms with Crippen molar-refractivity contribution in [1.82, 2.24) is 4.90 Å². The molecule has 2 spiro atoms. The van der Waals surface area contributed by atoms with Crippen LogP contribution in [0, 0.1) is 45.3 Å². The maximum absolute atomic E-state index is 13.0. The van der Waals surface area contributed by atoms with Crippen molar-refractivity contribution in [2.45, 2.75) is 135 Å². The molecule has 5 aliphatic carbocycles. The summed E-state index contributed by atoms with van der Waals surface area (Å²) in [4.78, 5) is 2.14. The highest BCUT2D eigenvalue weighted by atomic mass is 19.1. The molecule has 7 aliphatic rings. The lowest BCUT2D eigenvalue weighted by Crippen LogP contribution is -2.56. The fourth-order valence-electron chi connectivity index (χ4n) is 12.4. The number of fused-ring (bicyclic) bond motifs is 4. The largest absolute Gasteiger partial charge is 0.388 e. The predicted octanol–water partition coefficient (Wildman–Crippen LogP) is 5.34. The summed E-state index contributed by atoms with van der Waals surface area (Å²) >= 11 is 0. The summed E-state index contributed by atoms with van der Waals surface area (Å²) in [5.41, 5.74) is 0.249. The number of alkyl halides is 1. The van der Waals surface area contributed by atoms with E-state index in [1.54, 1.807) is 13.8 Å². The Morgan fingerprint density at radius 3 is 2.54 bits per heavy atom. The molecule has 6 nitrogen and oxygen atoms in total. The monoisotopic (exact) mass is 577 g/mol. The van der Waals surface area contributed by atoms with Crippen LogP contribution in [0.25, 0.3) is 0 Å². The SMILES string of the molecule is CC12CC[C@@]34C[C@@]35CC[C@H](OC3CN(CCF)CCO3)C(C)(C)C5CCC4C1CC1OC([C@H](O)C(C)(C)O)CCC12. The van der Waals surface area contributed by atoms with Gasteiger partial charge in [-0.2, -0.15) is 0 Å². The second-order valence-corrected chi connectivity index (χ2v) is 16.8. The average molecular weight is 578 g/mol. The maximum Gasteiger partial charge on any atom is 0.170 e. The highest BCUT2D eigenvalue weighted by Gasteiger charge is 2.80.